The van der Waals surface area contributed by atoms with E-state index in [0.29, 0.717) is 12.6 Å². The molecule has 0 radical (unpaired) electrons. The van der Waals surface area contributed by atoms with Crippen LogP contribution in [0.4, 0.5) is 0 Å². The van der Waals surface area contributed by atoms with Crippen molar-refractivity contribution in [3.8, 4) is 0 Å². The Morgan fingerprint density at radius 2 is 2.25 bits per heavy atom. The molecule has 112 valence electrons. The van der Waals surface area contributed by atoms with Gasteiger partial charge in [0.2, 0.25) is 0 Å². The summed E-state index contributed by atoms with van der Waals surface area (Å²) in [5.74, 6) is -0.724. The van der Waals surface area contributed by atoms with E-state index in [9.17, 15) is 9.90 Å². The topological polar surface area (TPSA) is 58.4 Å². The molecule has 1 aliphatic rings. The van der Waals surface area contributed by atoms with Crippen molar-refractivity contribution in [3.05, 3.63) is 18.0 Å². The van der Waals surface area contributed by atoms with Gasteiger partial charge in [-0.15, -0.1) is 0 Å². The lowest BCUT2D eigenvalue weighted by molar-refractivity contribution is -0.151. The lowest BCUT2D eigenvalue weighted by Crippen LogP contribution is -2.53. The van der Waals surface area contributed by atoms with Crippen LogP contribution >= 0.6 is 0 Å². The highest BCUT2D eigenvalue weighted by atomic mass is 16.4. The predicted octanol–water partition coefficient (Wildman–Crippen LogP) is 2.54. The Bertz CT molecular complexity index is 479. The SMILES string of the molecule is CC(C)n1ccc(CN2CCCC(C)(C)C2C(=O)O)n1. The molecule has 2 heterocycles. The summed E-state index contributed by atoms with van der Waals surface area (Å²) in [6.45, 7) is 9.70. The number of aromatic nitrogens is 2. The Labute approximate surface area is 120 Å². The Morgan fingerprint density at radius 1 is 1.55 bits per heavy atom. The van der Waals surface area contributed by atoms with E-state index < -0.39 is 12.0 Å². The summed E-state index contributed by atoms with van der Waals surface area (Å²) in [4.78, 5) is 13.7. The van der Waals surface area contributed by atoms with E-state index in [1.165, 1.54) is 0 Å². The second-order valence-corrected chi connectivity index (χ2v) is 6.68. The average molecular weight is 279 g/mol. The Morgan fingerprint density at radius 3 is 2.80 bits per heavy atom. The molecule has 1 aliphatic heterocycles. The molecule has 2 rings (SSSR count). The Balaban J connectivity index is 2.15. The molecule has 5 nitrogen and oxygen atoms in total. The van der Waals surface area contributed by atoms with Gasteiger partial charge in [0.1, 0.15) is 6.04 Å². The molecule has 5 heteroatoms. The van der Waals surface area contributed by atoms with Crippen LogP contribution in [0.15, 0.2) is 12.3 Å². The zero-order valence-corrected chi connectivity index (χ0v) is 12.8. The van der Waals surface area contributed by atoms with Crippen LogP contribution in [0.25, 0.3) is 0 Å². The number of aliphatic carboxylic acids is 1. The molecule has 1 aromatic heterocycles. The van der Waals surface area contributed by atoms with Crippen LogP contribution < -0.4 is 0 Å². The van der Waals surface area contributed by atoms with Gasteiger partial charge in [0.25, 0.3) is 0 Å². The number of hydrogen-bond donors (Lipinski definition) is 1. The summed E-state index contributed by atoms with van der Waals surface area (Å²) in [7, 11) is 0. The van der Waals surface area contributed by atoms with Gasteiger partial charge in [0.15, 0.2) is 0 Å². The summed E-state index contributed by atoms with van der Waals surface area (Å²) in [5, 5.41) is 14.1. The maximum atomic E-state index is 11.6. The van der Waals surface area contributed by atoms with Crippen LogP contribution in [-0.2, 0) is 11.3 Å². The fourth-order valence-corrected chi connectivity index (χ4v) is 3.12. The molecule has 0 aromatic carbocycles. The van der Waals surface area contributed by atoms with Gasteiger partial charge in [-0.25, -0.2) is 0 Å². The van der Waals surface area contributed by atoms with Gasteiger partial charge in [-0.1, -0.05) is 13.8 Å². The molecule has 20 heavy (non-hydrogen) atoms. The molecular weight excluding hydrogens is 254 g/mol. The predicted molar refractivity (Wildman–Crippen MR) is 77.5 cm³/mol. The Hall–Kier alpha value is -1.36. The van der Waals surface area contributed by atoms with Crippen LogP contribution in [0.1, 0.15) is 52.3 Å². The number of carboxylic acids is 1. The normalized spacial score (nSPS) is 23.1. The van der Waals surface area contributed by atoms with Crippen molar-refractivity contribution < 1.29 is 9.90 Å². The standard InChI is InChI=1S/C15H25N3O2/c1-11(2)18-9-6-12(16-18)10-17-8-5-7-15(3,4)13(17)14(19)20/h6,9,11,13H,5,7-8,10H2,1-4H3,(H,19,20). The third kappa shape index (κ3) is 3.03. The maximum Gasteiger partial charge on any atom is 0.321 e. The number of piperidine rings is 1. The highest BCUT2D eigenvalue weighted by molar-refractivity contribution is 5.74. The number of carboxylic acid groups (broad SMARTS) is 1. The first kappa shape index (κ1) is 15.0. The van der Waals surface area contributed by atoms with Crippen LogP contribution in [-0.4, -0.2) is 38.3 Å². The molecule has 0 spiro atoms. The van der Waals surface area contributed by atoms with E-state index in [4.69, 9.17) is 0 Å². The van der Waals surface area contributed by atoms with Gasteiger partial charge >= 0.3 is 5.97 Å². The van der Waals surface area contributed by atoms with Crippen molar-refractivity contribution in [2.45, 2.75) is 59.2 Å². The summed E-state index contributed by atoms with van der Waals surface area (Å²) in [6.07, 6.45) is 3.97. The molecule has 0 amide bonds. The van der Waals surface area contributed by atoms with E-state index in [0.717, 1.165) is 25.1 Å². The third-order valence-electron chi connectivity index (χ3n) is 4.16. The first-order chi connectivity index (χ1) is 9.31. The van der Waals surface area contributed by atoms with Gasteiger partial charge in [-0.05, 0) is 44.7 Å². The summed E-state index contributed by atoms with van der Waals surface area (Å²) in [5.41, 5.74) is 0.757. The smallest absolute Gasteiger partial charge is 0.321 e. The van der Waals surface area contributed by atoms with Gasteiger partial charge in [-0.2, -0.15) is 5.10 Å². The van der Waals surface area contributed by atoms with E-state index in [-0.39, 0.29) is 5.41 Å². The molecule has 1 atom stereocenters. The Kier molecular flexibility index (Phi) is 4.18. The van der Waals surface area contributed by atoms with E-state index in [1.807, 2.05) is 30.8 Å². The molecule has 1 fully saturated rings. The van der Waals surface area contributed by atoms with Crippen LogP contribution in [0, 0.1) is 5.41 Å². The van der Waals surface area contributed by atoms with Crippen molar-refractivity contribution in [2.24, 2.45) is 5.41 Å². The fourth-order valence-electron chi connectivity index (χ4n) is 3.12. The van der Waals surface area contributed by atoms with Crippen molar-refractivity contribution in [2.75, 3.05) is 6.54 Å². The van der Waals surface area contributed by atoms with Crippen LogP contribution in [0.5, 0.6) is 0 Å². The average Bonchev–Trinajstić information content (AvgIpc) is 2.75. The minimum Gasteiger partial charge on any atom is -0.480 e. The third-order valence-corrected chi connectivity index (χ3v) is 4.16. The first-order valence-corrected chi connectivity index (χ1v) is 7.32. The molecule has 1 N–H and O–H groups in total. The monoisotopic (exact) mass is 279 g/mol. The number of rotatable bonds is 4. The summed E-state index contributed by atoms with van der Waals surface area (Å²) < 4.78 is 1.92. The first-order valence-electron chi connectivity index (χ1n) is 7.32. The summed E-state index contributed by atoms with van der Waals surface area (Å²) in [6, 6.07) is 1.89. The largest absolute Gasteiger partial charge is 0.480 e. The number of likely N-dealkylation sites (tertiary alicyclic amines) is 1. The van der Waals surface area contributed by atoms with E-state index in [1.54, 1.807) is 0 Å². The van der Waals surface area contributed by atoms with Crippen molar-refractivity contribution >= 4 is 5.97 Å². The van der Waals surface area contributed by atoms with Crippen LogP contribution in [0.3, 0.4) is 0 Å². The molecule has 1 unspecified atom stereocenters. The summed E-state index contributed by atoms with van der Waals surface area (Å²) >= 11 is 0. The molecule has 0 bridgehead atoms. The quantitative estimate of drug-likeness (QED) is 0.920. The maximum absolute atomic E-state index is 11.6. The van der Waals surface area contributed by atoms with Crippen molar-refractivity contribution in [3.63, 3.8) is 0 Å². The van der Waals surface area contributed by atoms with Gasteiger partial charge in [0, 0.05) is 18.8 Å². The minimum absolute atomic E-state index is 0.190. The zero-order chi connectivity index (χ0) is 14.9. The van der Waals surface area contributed by atoms with E-state index in [2.05, 4.69) is 23.8 Å². The van der Waals surface area contributed by atoms with Crippen molar-refractivity contribution in [1.82, 2.24) is 14.7 Å². The molecule has 0 aliphatic carbocycles. The highest BCUT2D eigenvalue weighted by Gasteiger charge is 2.42. The second kappa shape index (κ2) is 5.56. The fraction of sp³-hybridized carbons (Fsp3) is 0.733. The lowest BCUT2D eigenvalue weighted by atomic mass is 9.76. The molecule has 0 saturated carbocycles. The molecular formula is C15H25N3O2. The number of carbonyl (C=O) groups is 1. The number of hydrogen-bond acceptors (Lipinski definition) is 3. The lowest BCUT2D eigenvalue weighted by Gasteiger charge is -2.43. The molecule has 1 aromatic rings. The van der Waals surface area contributed by atoms with E-state index >= 15 is 0 Å². The number of nitrogens with zero attached hydrogens (tertiary/aromatic N) is 3. The zero-order valence-electron chi connectivity index (χ0n) is 12.8. The van der Waals surface area contributed by atoms with Gasteiger partial charge in [-0.3, -0.25) is 14.4 Å². The molecule has 1 saturated heterocycles. The van der Waals surface area contributed by atoms with Crippen molar-refractivity contribution in [1.29, 1.82) is 0 Å². The minimum atomic E-state index is -0.724. The van der Waals surface area contributed by atoms with Gasteiger partial charge in [0.05, 0.1) is 5.69 Å². The van der Waals surface area contributed by atoms with Gasteiger partial charge < -0.3 is 5.11 Å². The highest BCUT2D eigenvalue weighted by Crippen LogP contribution is 2.35. The van der Waals surface area contributed by atoms with Crippen LogP contribution in [0.2, 0.25) is 0 Å². The second-order valence-electron chi connectivity index (χ2n) is 6.68.